The summed E-state index contributed by atoms with van der Waals surface area (Å²) >= 11 is 0. The number of likely N-dealkylation sites (tertiary alicyclic amines) is 1. The number of hydrogen-bond donors (Lipinski definition) is 6. The minimum absolute atomic E-state index is 0.0737. The average Bonchev–Trinajstić information content (AvgIpc) is 3.15. The quantitative estimate of drug-likeness (QED) is 0.233. The molecule has 226 valence electrons. The zero-order chi connectivity index (χ0) is 30.6. The van der Waals surface area contributed by atoms with Gasteiger partial charge in [0.2, 0.25) is 5.91 Å². The first-order chi connectivity index (χ1) is 20.0. The van der Waals surface area contributed by atoms with Crippen LogP contribution < -0.4 is 26.0 Å². The number of ether oxygens (including phenoxy) is 1. The molecule has 42 heavy (non-hydrogen) atoms. The average molecular weight is 584 g/mol. The molecule has 1 saturated heterocycles. The van der Waals surface area contributed by atoms with Crippen LogP contribution >= 0.6 is 0 Å². The number of benzene rings is 2. The van der Waals surface area contributed by atoms with Gasteiger partial charge in [-0.1, -0.05) is 24.3 Å². The molecular formula is C29H37N5O8. The Morgan fingerprint density at radius 1 is 0.952 bits per heavy atom. The Labute approximate surface area is 243 Å². The van der Waals surface area contributed by atoms with Gasteiger partial charge in [-0.3, -0.25) is 14.4 Å². The molecule has 0 spiro atoms. The van der Waals surface area contributed by atoms with E-state index in [9.17, 15) is 24.0 Å². The summed E-state index contributed by atoms with van der Waals surface area (Å²) in [6.07, 6.45) is 1.15. The Hall–Kier alpha value is -4.81. The fourth-order valence-electron chi connectivity index (χ4n) is 4.72. The molecule has 0 aliphatic carbocycles. The van der Waals surface area contributed by atoms with Crippen molar-refractivity contribution in [1.29, 1.82) is 0 Å². The van der Waals surface area contributed by atoms with Gasteiger partial charge in [-0.25, -0.2) is 9.59 Å². The van der Waals surface area contributed by atoms with Crippen molar-refractivity contribution in [3.8, 4) is 5.75 Å². The number of nitrogens with zero attached hydrogens (tertiary/aromatic N) is 1. The van der Waals surface area contributed by atoms with Crippen LogP contribution in [0.1, 0.15) is 43.2 Å². The van der Waals surface area contributed by atoms with E-state index in [1.807, 2.05) is 25.1 Å². The van der Waals surface area contributed by atoms with Crippen LogP contribution in [0, 0.1) is 6.92 Å². The lowest BCUT2D eigenvalue weighted by Crippen LogP contribution is -2.51. The summed E-state index contributed by atoms with van der Waals surface area (Å²) in [7, 11) is 1.47. The lowest BCUT2D eigenvalue weighted by molar-refractivity contribution is -0.139. The second-order valence-electron chi connectivity index (χ2n) is 10.1. The lowest BCUT2D eigenvalue weighted by Gasteiger charge is -2.26. The topological polar surface area (TPSA) is 186 Å². The molecule has 1 atom stereocenters. The van der Waals surface area contributed by atoms with Crippen LogP contribution in [-0.4, -0.2) is 77.3 Å². The number of amides is 5. The molecule has 1 fully saturated rings. The number of carboxylic acid groups (broad SMARTS) is 2. The highest BCUT2D eigenvalue weighted by molar-refractivity contribution is 6.01. The number of carboxylic acids is 2. The van der Waals surface area contributed by atoms with Crippen LogP contribution in [0.25, 0.3) is 0 Å². The van der Waals surface area contributed by atoms with Gasteiger partial charge < -0.3 is 41.1 Å². The molecule has 1 aliphatic heterocycles. The molecular weight excluding hydrogens is 546 g/mol. The summed E-state index contributed by atoms with van der Waals surface area (Å²) in [6.45, 7) is 2.65. The Morgan fingerprint density at radius 3 is 2.31 bits per heavy atom. The summed E-state index contributed by atoms with van der Waals surface area (Å²) in [4.78, 5) is 62.0. The predicted molar refractivity (Wildman–Crippen MR) is 155 cm³/mol. The van der Waals surface area contributed by atoms with E-state index in [0.29, 0.717) is 35.7 Å². The van der Waals surface area contributed by atoms with E-state index in [1.165, 1.54) is 7.11 Å². The van der Waals surface area contributed by atoms with E-state index in [-0.39, 0.29) is 24.9 Å². The van der Waals surface area contributed by atoms with E-state index in [1.54, 1.807) is 29.2 Å². The first-order valence-electron chi connectivity index (χ1n) is 13.6. The Morgan fingerprint density at radius 2 is 1.64 bits per heavy atom. The van der Waals surface area contributed by atoms with E-state index in [2.05, 4.69) is 21.3 Å². The highest BCUT2D eigenvalue weighted by Gasteiger charge is 2.25. The number of methoxy groups -OCH3 is 1. The molecule has 13 nitrogen and oxygen atoms in total. The van der Waals surface area contributed by atoms with Crippen molar-refractivity contribution in [2.45, 2.75) is 57.5 Å². The van der Waals surface area contributed by atoms with Crippen molar-refractivity contribution >= 4 is 41.3 Å². The van der Waals surface area contributed by atoms with Crippen molar-refractivity contribution in [3.63, 3.8) is 0 Å². The number of carbonyl (C=O) groups is 5. The number of aryl methyl sites for hydroxylation is 1. The zero-order valence-corrected chi connectivity index (χ0v) is 23.6. The maximum atomic E-state index is 13.2. The van der Waals surface area contributed by atoms with Crippen LogP contribution in [0.4, 0.5) is 21.0 Å². The van der Waals surface area contributed by atoms with E-state index in [4.69, 9.17) is 14.9 Å². The number of hydrogen-bond acceptors (Lipinski definition) is 6. The summed E-state index contributed by atoms with van der Waals surface area (Å²) in [6, 6.07) is 9.91. The highest BCUT2D eigenvalue weighted by Crippen LogP contribution is 2.27. The molecule has 2 aromatic carbocycles. The fraction of sp³-hybridized carbons (Fsp3) is 0.414. The molecule has 1 heterocycles. The van der Waals surface area contributed by atoms with Crippen molar-refractivity contribution in [2.24, 2.45) is 0 Å². The number of urea groups is 2. The van der Waals surface area contributed by atoms with Crippen molar-refractivity contribution in [2.75, 3.05) is 30.8 Å². The standard InChI is InChI=1S/C29H37N5O8/c1-18-7-3-4-9-22(18)32-29(41)33-23-11-10-19(13-24(23)42-2)14-25(35)34-12-6-5-8-20(17-34)30-28(40)31-21(15-26(36)37)16-27(38)39/h3-4,7,9-11,13,20-21H,5-6,8,12,14-17H2,1-2H3,(H,36,37)(H,38,39)(H2,30,31,40)(H2,32,33,41). The lowest BCUT2D eigenvalue weighted by atomic mass is 10.1. The first-order valence-corrected chi connectivity index (χ1v) is 13.6. The van der Waals surface area contributed by atoms with E-state index in [0.717, 1.165) is 18.4 Å². The van der Waals surface area contributed by atoms with Gasteiger partial charge in [0.1, 0.15) is 5.75 Å². The number of carbonyl (C=O) groups excluding carboxylic acids is 3. The SMILES string of the molecule is COc1cc(CC(=O)N2CCCCC(NC(=O)NC(CC(=O)O)CC(=O)O)C2)ccc1NC(=O)Nc1ccccc1C. The molecule has 0 aromatic heterocycles. The second kappa shape index (κ2) is 15.3. The van der Waals surface area contributed by atoms with E-state index >= 15 is 0 Å². The van der Waals surface area contributed by atoms with E-state index < -0.39 is 42.9 Å². The van der Waals surface area contributed by atoms with Crippen molar-refractivity contribution in [1.82, 2.24) is 15.5 Å². The second-order valence-corrected chi connectivity index (χ2v) is 10.1. The third-order valence-electron chi connectivity index (χ3n) is 6.80. The maximum Gasteiger partial charge on any atom is 0.323 e. The van der Waals surface area contributed by atoms with Gasteiger partial charge in [0.05, 0.1) is 38.1 Å². The Bertz CT molecular complexity index is 1280. The highest BCUT2D eigenvalue weighted by atomic mass is 16.5. The van der Waals surface area contributed by atoms with Crippen LogP contribution in [0.15, 0.2) is 42.5 Å². The number of rotatable bonds is 11. The van der Waals surface area contributed by atoms with Gasteiger partial charge >= 0.3 is 24.0 Å². The van der Waals surface area contributed by atoms with Gasteiger partial charge in [-0.2, -0.15) is 0 Å². The normalized spacial score (nSPS) is 14.8. The number of anilines is 2. The third-order valence-corrected chi connectivity index (χ3v) is 6.80. The molecule has 0 bridgehead atoms. The maximum absolute atomic E-state index is 13.2. The van der Waals surface area contributed by atoms with Crippen LogP contribution in [0.2, 0.25) is 0 Å². The molecule has 3 rings (SSSR count). The smallest absolute Gasteiger partial charge is 0.323 e. The monoisotopic (exact) mass is 583 g/mol. The van der Waals surface area contributed by atoms with Crippen LogP contribution in [0.5, 0.6) is 5.75 Å². The molecule has 6 N–H and O–H groups in total. The third kappa shape index (κ3) is 9.98. The molecule has 13 heteroatoms. The first kappa shape index (κ1) is 31.7. The van der Waals surface area contributed by atoms with Gasteiger partial charge in [0, 0.05) is 24.8 Å². The largest absolute Gasteiger partial charge is 0.495 e. The summed E-state index contributed by atoms with van der Waals surface area (Å²) in [5.74, 6) is -2.21. The van der Waals surface area contributed by atoms with Crippen LogP contribution in [-0.2, 0) is 20.8 Å². The number of para-hydroxylation sites is 1. The van der Waals surface area contributed by atoms with Gasteiger partial charge in [0.25, 0.3) is 0 Å². The molecule has 1 unspecified atom stereocenters. The summed E-state index contributed by atoms with van der Waals surface area (Å²) in [5.41, 5.74) is 2.71. The Balaban J connectivity index is 1.58. The van der Waals surface area contributed by atoms with Crippen LogP contribution in [0.3, 0.4) is 0 Å². The van der Waals surface area contributed by atoms with Crippen molar-refractivity contribution in [3.05, 3.63) is 53.6 Å². The molecule has 0 radical (unpaired) electrons. The Kier molecular flexibility index (Phi) is 11.5. The molecule has 5 amide bonds. The van der Waals surface area contributed by atoms with Gasteiger partial charge in [-0.15, -0.1) is 0 Å². The fourth-order valence-corrected chi connectivity index (χ4v) is 4.72. The minimum atomic E-state index is -1.22. The van der Waals surface area contributed by atoms with Crippen molar-refractivity contribution < 1.29 is 38.9 Å². The van der Waals surface area contributed by atoms with Gasteiger partial charge in [-0.05, 0) is 55.5 Å². The molecule has 0 saturated carbocycles. The predicted octanol–water partition coefficient (Wildman–Crippen LogP) is 3.19. The zero-order valence-electron chi connectivity index (χ0n) is 23.6. The summed E-state index contributed by atoms with van der Waals surface area (Å²) in [5, 5.41) is 28.7. The number of aliphatic carboxylic acids is 2. The van der Waals surface area contributed by atoms with Gasteiger partial charge in [0.15, 0.2) is 0 Å². The minimum Gasteiger partial charge on any atom is -0.495 e. The molecule has 1 aliphatic rings. The number of nitrogens with one attached hydrogen (secondary N) is 4. The molecule has 2 aromatic rings. The summed E-state index contributed by atoms with van der Waals surface area (Å²) < 4.78 is 5.45.